The quantitative estimate of drug-likeness (QED) is 0.722. The van der Waals surface area contributed by atoms with Crippen molar-refractivity contribution in [2.45, 2.75) is 12.8 Å². The van der Waals surface area contributed by atoms with Crippen molar-refractivity contribution in [2.75, 3.05) is 7.05 Å². The Hall–Kier alpha value is -1.51. The minimum Gasteiger partial charge on any atom is -0.477 e. The van der Waals surface area contributed by atoms with E-state index in [1.807, 2.05) is 18.2 Å². The van der Waals surface area contributed by atoms with Crippen molar-refractivity contribution >= 4 is 5.97 Å². The Morgan fingerprint density at radius 1 is 1.50 bits per heavy atom. The molecule has 0 amide bonds. The number of hydrogen-bond acceptors (Lipinski definition) is 2. The summed E-state index contributed by atoms with van der Waals surface area (Å²) in [5.74, 6) is -0.384. The van der Waals surface area contributed by atoms with Gasteiger partial charge in [-0.25, -0.2) is 4.79 Å². The van der Waals surface area contributed by atoms with Gasteiger partial charge < -0.3 is 10.0 Å². The van der Waals surface area contributed by atoms with Gasteiger partial charge >= 0.3 is 5.97 Å². The molecular formula is C11H13NO2. The summed E-state index contributed by atoms with van der Waals surface area (Å²) in [7, 11) is 1.77. The lowest BCUT2D eigenvalue weighted by Crippen LogP contribution is -2.20. The fourth-order valence-electron chi connectivity index (χ4n) is 1.69. The maximum Gasteiger partial charge on any atom is 0.352 e. The predicted molar refractivity (Wildman–Crippen MR) is 53.4 cm³/mol. The molecule has 0 bridgehead atoms. The minimum absolute atomic E-state index is 0.414. The van der Waals surface area contributed by atoms with Gasteiger partial charge in [0, 0.05) is 13.2 Å². The minimum atomic E-state index is -0.842. The summed E-state index contributed by atoms with van der Waals surface area (Å²) in [5, 5.41) is 9.11. The normalized spacial score (nSPS) is 21.4. The molecule has 0 aromatic carbocycles. The number of likely N-dealkylation sites (N-methyl/N-ethyl adjacent to an activating group) is 1. The average Bonchev–Trinajstić information content (AvgIpc) is 2.88. The number of allylic oxidation sites excluding steroid dienone is 4. The van der Waals surface area contributed by atoms with E-state index >= 15 is 0 Å². The van der Waals surface area contributed by atoms with Gasteiger partial charge in [0.1, 0.15) is 5.70 Å². The molecular weight excluding hydrogens is 178 g/mol. The molecule has 1 saturated carbocycles. The smallest absolute Gasteiger partial charge is 0.352 e. The highest BCUT2D eigenvalue weighted by Crippen LogP contribution is 2.39. The van der Waals surface area contributed by atoms with Crippen LogP contribution in [0.1, 0.15) is 12.8 Å². The van der Waals surface area contributed by atoms with Crippen molar-refractivity contribution in [3.63, 3.8) is 0 Å². The first kappa shape index (κ1) is 9.06. The van der Waals surface area contributed by atoms with E-state index in [0.717, 1.165) is 18.4 Å². The van der Waals surface area contributed by atoms with Crippen molar-refractivity contribution in [2.24, 2.45) is 5.92 Å². The SMILES string of the molecule is CN1C=CC=CC(C2CC2)=C1C(=O)O. The second kappa shape index (κ2) is 3.33. The molecule has 1 heterocycles. The van der Waals surface area contributed by atoms with Gasteiger partial charge in [-0.1, -0.05) is 12.2 Å². The molecule has 0 saturated heterocycles. The second-order valence-corrected chi connectivity index (χ2v) is 3.69. The Morgan fingerprint density at radius 3 is 2.79 bits per heavy atom. The van der Waals surface area contributed by atoms with Crippen molar-refractivity contribution in [3.05, 3.63) is 35.7 Å². The lowest BCUT2D eigenvalue weighted by Gasteiger charge is -2.16. The summed E-state index contributed by atoms with van der Waals surface area (Å²) in [6, 6.07) is 0. The van der Waals surface area contributed by atoms with Crippen LogP contribution in [0, 0.1) is 5.92 Å². The van der Waals surface area contributed by atoms with Crippen LogP contribution in [-0.4, -0.2) is 23.0 Å². The maximum absolute atomic E-state index is 11.1. The van der Waals surface area contributed by atoms with Gasteiger partial charge in [-0.05, 0) is 30.4 Å². The van der Waals surface area contributed by atoms with Gasteiger partial charge in [0.05, 0.1) is 0 Å². The zero-order valence-electron chi connectivity index (χ0n) is 8.10. The molecule has 1 aliphatic heterocycles. The van der Waals surface area contributed by atoms with E-state index in [-0.39, 0.29) is 0 Å². The first-order valence-corrected chi connectivity index (χ1v) is 4.75. The third-order valence-electron chi connectivity index (χ3n) is 2.54. The number of hydrogen-bond donors (Lipinski definition) is 1. The van der Waals surface area contributed by atoms with Crippen LogP contribution < -0.4 is 0 Å². The van der Waals surface area contributed by atoms with Crippen LogP contribution in [-0.2, 0) is 4.79 Å². The molecule has 74 valence electrons. The van der Waals surface area contributed by atoms with E-state index in [9.17, 15) is 4.79 Å². The zero-order chi connectivity index (χ0) is 10.1. The molecule has 1 N–H and O–H groups in total. The molecule has 0 spiro atoms. The van der Waals surface area contributed by atoms with Gasteiger partial charge in [0.25, 0.3) is 0 Å². The monoisotopic (exact) mass is 191 g/mol. The van der Waals surface area contributed by atoms with Crippen LogP contribution in [0.2, 0.25) is 0 Å². The molecule has 0 aromatic heterocycles. The van der Waals surface area contributed by atoms with Crippen molar-refractivity contribution < 1.29 is 9.90 Å². The van der Waals surface area contributed by atoms with E-state index < -0.39 is 5.97 Å². The predicted octanol–water partition coefficient (Wildman–Crippen LogP) is 1.75. The van der Waals surface area contributed by atoms with Crippen molar-refractivity contribution in [1.29, 1.82) is 0 Å². The standard InChI is InChI=1S/C11H13NO2/c1-12-7-3-2-4-9(8-5-6-8)10(12)11(13)14/h2-4,7-8H,5-6H2,1H3,(H,13,14). The van der Waals surface area contributed by atoms with Crippen LogP contribution >= 0.6 is 0 Å². The molecule has 14 heavy (non-hydrogen) atoms. The van der Waals surface area contributed by atoms with Crippen molar-refractivity contribution in [3.8, 4) is 0 Å². The molecule has 0 aromatic rings. The van der Waals surface area contributed by atoms with Gasteiger partial charge in [0.15, 0.2) is 0 Å². The average molecular weight is 191 g/mol. The van der Waals surface area contributed by atoms with E-state index in [4.69, 9.17) is 5.11 Å². The summed E-state index contributed by atoms with van der Waals surface area (Å²) in [5.41, 5.74) is 1.38. The third kappa shape index (κ3) is 1.58. The van der Waals surface area contributed by atoms with Crippen LogP contribution in [0.25, 0.3) is 0 Å². The lowest BCUT2D eigenvalue weighted by molar-refractivity contribution is -0.134. The molecule has 0 unspecified atom stereocenters. The summed E-state index contributed by atoms with van der Waals surface area (Å²) in [4.78, 5) is 12.8. The highest BCUT2D eigenvalue weighted by molar-refractivity contribution is 5.88. The van der Waals surface area contributed by atoms with Crippen LogP contribution in [0.5, 0.6) is 0 Å². The molecule has 2 rings (SSSR count). The molecule has 1 fully saturated rings. The fraction of sp³-hybridized carbons (Fsp3) is 0.364. The van der Waals surface area contributed by atoms with Crippen LogP contribution in [0.15, 0.2) is 35.7 Å². The van der Waals surface area contributed by atoms with E-state index in [2.05, 4.69) is 0 Å². The van der Waals surface area contributed by atoms with Gasteiger partial charge in [-0.2, -0.15) is 0 Å². The summed E-state index contributed by atoms with van der Waals surface area (Å²) in [6.45, 7) is 0. The van der Waals surface area contributed by atoms with Gasteiger partial charge in [0.2, 0.25) is 0 Å². The maximum atomic E-state index is 11.1. The molecule has 0 radical (unpaired) electrons. The number of carbonyl (C=O) groups is 1. The first-order chi connectivity index (χ1) is 6.70. The van der Waals surface area contributed by atoms with Crippen molar-refractivity contribution in [1.82, 2.24) is 4.90 Å². The Labute approximate surface area is 83.0 Å². The summed E-state index contributed by atoms with van der Waals surface area (Å²) in [6.07, 6.45) is 9.68. The highest BCUT2D eigenvalue weighted by Gasteiger charge is 2.30. The highest BCUT2D eigenvalue weighted by atomic mass is 16.4. The summed E-state index contributed by atoms with van der Waals surface area (Å²) >= 11 is 0. The van der Waals surface area contributed by atoms with Gasteiger partial charge in [-0.3, -0.25) is 0 Å². The molecule has 2 aliphatic rings. The number of carboxylic acid groups (broad SMARTS) is 1. The lowest BCUT2D eigenvalue weighted by atomic mass is 10.1. The summed E-state index contributed by atoms with van der Waals surface area (Å²) < 4.78 is 0. The molecule has 3 nitrogen and oxygen atoms in total. The second-order valence-electron chi connectivity index (χ2n) is 3.69. The molecule has 1 aliphatic carbocycles. The van der Waals surface area contributed by atoms with Crippen LogP contribution in [0.4, 0.5) is 0 Å². The topological polar surface area (TPSA) is 40.5 Å². The first-order valence-electron chi connectivity index (χ1n) is 4.75. The Bertz CT molecular complexity index is 348. The Balaban J connectivity index is 2.43. The Kier molecular flexibility index (Phi) is 2.15. The number of aliphatic carboxylic acids is 1. The third-order valence-corrected chi connectivity index (χ3v) is 2.54. The van der Waals surface area contributed by atoms with Crippen LogP contribution in [0.3, 0.4) is 0 Å². The van der Waals surface area contributed by atoms with E-state index in [0.29, 0.717) is 11.6 Å². The zero-order valence-corrected chi connectivity index (χ0v) is 8.10. The molecule has 3 heteroatoms. The largest absolute Gasteiger partial charge is 0.477 e. The van der Waals surface area contributed by atoms with Gasteiger partial charge in [-0.15, -0.1) is 0 Å². The number of rotatable bonds is 2. The van der Waals surface area contributed by atoms with E-state index in [1.54, 1.807) is 18.1 Å². The number of carboxylic acids is 1. The fourth-order valence-corrected chi connectivity index (χ4v) is 1.69. The number of nitrogens with zero attached hydrogens (tertiary/aromatic N) is 1. The van der Waals surface area contributed by atoms with E-state index in [1.165, 1.54) is 0 Å². The Morgan fingerprint density at radius 2 is 2.21 bits per heavy atom. The molecule has 0 atom stereocenters.